The van der Waals surface area contributed by atoms with Crippen molar-refractivity contribution in [1.29, 1.82) is 0 Å². The number of aliphatic carboxylic acids is 1. The molecule has 6 nitrogen and oxygen atoms in total. The molecule has 94 valence electrons. The Bertz CT molecular complexity index is 490. The molecule has 0 heterocycles. The van der Waals surface area contributed by atoms with Gasteiger partial charge < -0.3 is 20.0 Å². The molecule has 0 saturated heterocycles. The predicted octanol–water partition coefficient (Wildman–Crippen LogP) is -0.282. The minimum Gasteiger partial charge on any atom is -0.545 e. The van der Waals surface area contributed by atoms with Gasteiger partial charge in [-0.25, -0.2) is 4.79 Å². The third-order valence-corrected chi connectivity index (χ3v) is 1.94. The highest BCUT2D eigenvalue weighted by Crippen LogP contribution is 2.10. The number of hydrogen-bond acceptors (Lipinski definition) is 5. The Hall–Kier alpha value is -2.63. The summed E-state index contributed by atoms with van der Waals surface area (Å²) in [5.74, 6) is -2.54. The van der Waals surface area contributed by atoms with E-state index in [-0.39, 0.29) is 0 Å². The van der Waals surface area contributed by atoms with E-state index in [1.165, 1.54) is 31.4 Å². The molecule has 0 aliphatic carbocycles. The topological polar surface area (TPSA) is 95.5 Å². The van der Waals surface area contributed by atoms with Crippen molar-refractivity contribution in [1.82, 2.24) is 0 Å². The maximum absolute atomic E-state index is 11.2. The summed E-state index contributed by atoms with van der Waals surface area (Å²) in [6.45, 7) is 0. The van der Waals surface area contributed by atoms with Crippen LogP contribution < -0.4 is 10.4 Å². The molecule has 0 bridgehead atoms. The number of nitrogens with one attached hydrogen (secondary N) is 1. The van der Waals surface area contributed by atoms with E-state index in [0.29, 0.717) is 17.3 Å². The minimum absolute atomic E-state index is 0.348. The zero-order chi connectivity index (χ0) is 13.5. The van der Waals surface area contributed by atoms with Crippen LogP contribution in [0.25, 0.3) is 0 Å². The van der Waals surface area contributed by atoms with E-state index < -0.39 is 17.8 Å². The van der Waals surface area contributed by atoms with Crippen LogP contribution in [0.1, 0.15) is 10.4 Å². The van der Waals surface area contributed by atoms with Crippen molar-refractivity contribution in [2.45, 2.75) is 0 Å². The van der Waals surface area contributed by atoms with Gasteiger partial charge in [0.2, 0.25) is 5.91 Å². The van der Waals surface area contributed by atoms with Crippen molar-refractivity contribution in [2.75, 3.05) is 12.4 Å². The molecule has 1 N–H and O–H groups in total. The largest absolute Gasteiger partial charge is 0.545 e. The number of hydrogen-bond donors (Lipinski definition) is 1. The van der Waals surface area contributed by atoms with E-state index in [0.717, 1.165) is 6.08 Å². The molecular formula is C12H10NO5-. The molecule has 0 radical (unpaired) electrons. The maximum Gasteiger partial charge on any atom is 0.337 e. The van der Waals surface area contributed by atoms with Crippen molar-refractivity contribution in [3.8, 4) is 0 Å². The molecule has 0 aromatic heterocycles. The first-order valence-corrected chi connectivity index (χ1v) is 4.91. The molecule has 1 amide bonds. The summed E-state index contributed by atoms with van der Waals surface area (Å²) in [6.07, 6.45) is 1.46. The average Bonchev–Trinajstić information content (AvgIpc) is 2.36. The van der Waals surface area contributed by atoms with E-state index in [9.17, 15) is 19.5 Å². The number of rotatable bonds is 4. The second-order valence-electron chi connectivity index (χ2n) is 3.21. The molecule has 0 spiro atoms. The first-order valence-electron chi connectivity index (χ1n) is 4.91. The number of esters is 1. The Balaban J connectivity index is 2.66. The second-order valence-corrected chi connectivity index (χ2v) is 3.21. The third-order valence-electron chi connectivity index (χ3n) is 1.94. The van der Waals surface area contributed by atoms with Crippen molar-refractivity contribution in [2.24, 2.45) is 0 Å². The lowest BCUT2D eigenvalue weighted by Gasteiger charge is -2.03. The highest BCUT2D eigenvalue weighted by atomic mass is 16.5. The molecular weight excluding hydrogens is 238 g/mol. The van der Waals surface area contributed by atoms with E-state index in [4.69, 9.17) is 0 Å². The van der Waals surface area contributed by atoms with Crippen molar-refractivity contribution in [3.05, 3.63) is 42.0 Å². The highest BCUT2D eigenvalue weighted by Gasteiger charge is 2.04. The quantitative estimate of drug-likeness (QED) is 0.584. The lowest BCUT2D eigenvalue weighted by atomic mass is 10.2. The predicted molar refractivity (Wildman–Crippen MR) is 60.6 cm³/mol. The summed E-state index contributed by atoms with van der Waals surface area (Å²) >= 11 is 0. The minimum atomic E-state index is -1.45. The number of carboxylic acid groups (broad SMARTS) is 1. The molecule has 0 fully saturated rings. The summed E-state index contributed by atoms with van der Waals surface area (Å²) in [5.41, 5.74) is 0.774. The van der Waals surface area contributed by atoms with E-state index >= 15 is 0 Å². The first-order chi connectivity index (χ1) is 8.52. The molecule has 0 atom stereocenters. The second kappa shape index (κ2) is 6.19. The molecule has 1 aromatic rings. The Kier molecular flexibility index (Phi) is 4.62. The van der Waals surface area contributed by atoms with Gasteiger partial charge in [0.15, 0.2) is 0 Å². The van der Waals surface area contributed by atoms with Gasteiger partial charge in [0.1, 0.15) is 0 Å². The summed E-state index contributed by atoms with van der Waals surface area (Å²) in [4.78, 5) is 32.4. The van der Waals surface area contributed by atoms with Crippen LogP contribution in [0.2, 0.25) is 0 Å². The van der Waals surface area contributed by atoms with Crippen LogP contribution >= 0.6 is 0 Å². The first kappa shape index (κ1) is 13.4. The van der Waals surface area contributed by atoms with E-state index in [1.54, 1.807) is 0 Å². The summed E-state index contributed by atoms with van der Waals surface area (Å²) in [6, 6.07) is 5.95. The molecule has 6 heteroatoms. The maximum atomic E-state index is 11.2. The summed E-state index contributed by atoms with van der Waals surface area (Å²) in [7, 11) is 1.27. The Morgan fingerprint density at radius 3 is 2.28 bits per heavy atom. The van der Waals surface area contributed by atoms with Crippen molar-refractivity contribution < 1.29 is 24.2 Å². The molecule has 0 saturated carbocycles. The normalized spacial score (nSPS) is 10.1. The number of amides is 1. The number of carboxylic acids is 1. The van der Waals surface area contributed by atoms with Gasteiger partial charge >= 0.3 is 5.97 Å². The van der Waals surface area contributed by atoms with Crippen LogP contribution in [0.3, 0.4) is 0 Å². The van der Waals surface area contributed by atoms with Crippen LogP contribution in [0.15, 0.2) is 36.4 Å². The zero-order valence-electron chi connectivity index (χ0n) is 9.51. The molecule has 1 aromatic carbocycles. The Morgan fingerprint density at radius 1 is 1.17 bits per heavy atom. The fourth-order valence-corrected chi connectivity index (χ4v) is 1.14. The van der Waals surface area contributed by atoms with Gasteiger partial charge in [0, 0.05) is 11.8 Å². The lowest BCUT2D eigenvalue weighted by molar-refractivity contribution is -0.297. The van der Waals surface area contributed by atoms with E-state index in [1.807, 2.05) is 0 Å². The molecule has 1 rings (SSSR count). The van der Waals surface area contributed by atoms with E-state index in [2.05, 4.69) is 10.1 Å². The molecule has 0 aliphatic heterocycles. The summed E-state index contributed by atoms with van der Waals surface area (Å²) < 4.78 is 4.51. The third kappa shape index (κ3) is 4.09. The van der Waals surface area contributed by atoms with Crippen LogP contribution in [0.5, 0.6) is 0 Å². The molecule has 0 aliphatic rings. The highest BCUT2D eigenvalue weighted by molar-refractivity contribution is 6.02. The monoisotopic (exact) mass is 248 g/mol. The number of ether oxygens (including phenoxy) is 1. The SMILES string of the molecule is COC(=O)c1ccc(NC(=O)/C=C/C(=O)[O-])cc1. The van der Waals surface area contributed by atoms with Gasteiger partial charge in [0.05, 0.1) is 18.6 Å². The van der Waals surface area contributed by atoms with Gasteiger partial charge in [0.25, 0.3) is 0 Å². The van der Waals surface area contributed by atoms with Crippen molar-refractivity contribution in [3.63, 3.8) is 0 Å². The van der Waals surface area contributed by atoms with Gasteiger partial charge in [-0.2, -0.15) is 0 Å². The standard InChI is InChI=1S/C12H11NO5/c1-18-12(17)8-2-4-9(5-3-8)13-10(14)6-7-11(15)16/h2-7H,1H3,(H,13,14)(H,15,16)/p-1/b7-6+. The molecule has 0 unspecified atom stereocenters. The van der Waals surface area contributed by atoms with Crippen molar-refractivity contribution >= 4 is 23.5 Å². The fourth-order valence-electron chi connectivity index (χ4n) is 1.14. The number of benzene rings is 1. The van der Waals surface area contributed by atoms with Gasteiger partial charge in [-0.15, -0.1) is 0 Å². The molecule has 18 heavy (non-hydrogen) atoms. The van der Waals surface area contributed by atoms with Crippen LogP contribution in [-0.2, 0) is 14.3 Å². The average molecular weight is 248 g/mol. The Morgan fingerprint density at radius 2 is 1.78 bits per heavy atom. The smallest absolute Gasteiger partial charge is 0.337 e. The van der Waals surface area contributed by atoms with Crippen LogP contribution in [0.4, 0.5) is 5.69 Å². The Labute approximate surface area is 103 Å². The van der Waals surface area contributed by atoms with Crippen LogP contribution in [0, 0.1) is 0 Å². The number of anilines is 1. The summed E-state index contributed by atoms with van der Waals surface area (Å²) in [5, 5.41) is 12.5. The number of methoxy groups -OCH3 is 1. The zero-order valence-corrected chi connectivity index (χ0v) is 9.51. The van der Waals surface area contributed by atoms with Crippen LogP contribution in [-0.4, -0.2) is 25.0 Å². The fraction of sp³-hybridized carbons (Fsp3) is 0.0833. The number of carbonyl (C=O) groups excluding carboxylic acids is 3. The lowest BCUT2D eigenvalue weighted by Crippen LogP contribution is -2.20. The van der Waals surface area contributed by atoms with Gasteiger partial charge in [-0.3, -0.25) is 4.79 Å². The van der Waals surface area contributed by atoms with Gasteiger partial charge in [-0.1, -0.05) is 0 Å². The van der Waals surface area contributed by atoms with Gasteiger partial charge in [-0.05, 0) is 30.3 Å². The number of carbonyl (C=O) groups is 3.